The van der Waals surface area contributed by atoms with Crippen molar-refractivity contribution in [3.63, 3.8) is 0 Å². The molecule has 0 aliphatic heterocycles. The Kier molecular flexibility index (Phi) is 3.65. The van der Waals surface area contributed by atoms with E-state index in [-0.39, 0.29) is 0 Å². The van der Waals surface area contributed by atoms with E-state index >= 15 is 0 Å². The number of fused-ring (bicyclic) bond motifs is 1. The molecule has 0 unspecified atom stereocenters. The van der Waals surface area contributed by atoms with Gasteiger partial charge in [-0.1, -0.05) is 0 Å². The number of carboxylic acid groups (broad SMARTS) is 1. The molecule has 0 atom stereocenters. The van der Waals surface area contributed by atoms with E-state index in [1.807, 2.05) is 41.8 Å². The van der Waals surface area contributed by atoms with Crippen LogP contribution >= 0.6 is 0 Å². The van der Waals surface area contributed by atoms with Gasteiger partial charge in [-0.05, 0) is 43.3 Å². The fourth-order valence-corrected chi connectivity index (χ4v) is 2.28. The largest absolute Gasteiger partial charge is 0.494 e. The number of amides is 1. The van der Waals surface area contributed by atoms with E-state index in [9.17, 15) is 4.79 Å². The average molecular weight is 297 g/mol. The Morgan fingerprint density at radius 1 is 1.27 bits per heavy atom. The molecule has 3 aromatic rings. The van der Waals surface area contributed by atoms with Crippen LogP contribution in [0.2, 0.25) is 0 Å². The minimum atomic E-state index is -1.08. The molecule has 1 heterocycles. The van der Waals surface area contributed by atoms with Crippen LogP contribution in [0.4, 0.5) is 10.5 Å². The zero-order valence-corrected chi connectivity index (χ0v) is 12.0. The van der Waals surface area contributed by atoms with E-state index in [2.05, 4.69) is 10.3 Å². The molecule has 1 aromatic heterocycles. The molecule has 0 fully saturated rings. The first-order chi connectivity index (χ1) is 10.7. The Morgan fingerprint density at radius 3 is 2.73 bits per heavy atom. The normalized spacial score (nSPS) is 10.6. The van der Waals surface area contributed by atoms with Crippen LogP contribution in [-0.2, 0) is 0 Å². The lowest BCUT2D eigenvalue weighted by molar-refractivity contribution is 0.210. The third-order valence-corrected chi connectivity index (χ3v) is 3.23. The highest BCUT2D eigenvalue weighted by atomic mass is 16.5. The first-order valence-corrected chi connectivity index (χ1v) is 6.87. The molecule has 6 nitrogen and oxygen atoms in total. The standard InChI is InChI=1S/C16H15N3O3/c1-2-22-13-7-8-15-14(9-13)17-10-19(15)12-5-3-11(4-6-12)18-16(20)21/h3-10,18H,2H2,1H3,(H,20,21). The molecular formula is C16H15N3O3. The van der Waals surface area contributed by atoms with Crippen molar-refractivity contribution < 1.29 is 14.6 Å². The number of aromatic nitrogens is 2. The number of imidazole rings is 1. The van der Waals surface area contributed by atoms with E-state index in [1.165, 1.54) is 0 Å². The molecule has 2 N–H and O–H groups in total. The Balaban J connectivity index is 1.94. The van der Waals surface area contributed by atoms with Gasteiger partial charge in [0.25, 0.3) is 0 Å². The van der Waals surface area contributed by atoms with Crippen LogP contribution in [0.25, 0.3) is 16.7 Å². The van der Waals surface area contributed by atoms with Crippen molar-refractivity contribution in [1.29, 1.82) is 0 Å². The van der Waals surface area contributed by atoms with E-state index < -0.39 is 6.09 Å². The van der Waals surface area contributed by atoms with Gasteiger partial charge in [0.1, 0.15) is 12.1 Å². The molecule has 0 radical (unpaired) electrons. The van der Waals surface area contributed by atoms with Crippen LogP contribution in [0.1, 0.15) is 6.92 Å². The summed E-state index contributed by atoms with van der Waals surface area (Å²) in [6, 6.07) is 12.9. The summed E-state index contributed by atoms with van der Waals surface area (Å²) >= 11 is 0. The van der Waals surface area contributed by atoms with Gasteiger partial charge in [0.2, 0.25) is 0 Å². The van der Waals surface area contributed by atoms with E-state index in [4.69, 9.17) is 9.84 Å². The van der Waals surface area contributed by atoms with Crippen molar-refractivity contribution in [2.24, 2.45) is 0 Å². The first-order valence-electron chi connectivity index (χ1n) is 6.87. The van der Waals surface area contributed by atoms with Gasteiger partial charge < -0.3 is 9.84 Å². The Morgan fingerprint density at radius 2 is 2.05 bits per heavy atom. The zero-order chi connectivity index (χ0) is 15.5. The van der Waals surface area contributed by atoms with Crippen LogP contribution in [-0.4, -0.2) is 27.4 Å². The minimum absolute atomic E-state index is 0.527. The number of nitrogens with one attached hydrogen (secondary N) is 1. The summed E-state index contributed by atoms with van der Waals surface area (Å²) in [5.41, 5.74) is 3.24. The summed E-state index contributed by atoms with van der Waals surface area (Å²) in [6.45, 7) is 2.56. The summed E-state index contributed by atoms with van der Waals surface area (Å²) in [6.07, 6.45) is 0.657. The molecule has 112 valence electrons. The Bertz CT molecular complexity index is 809. The van der Waals surface area contributed by atoms with E-state index in [1.54, 1.807) is 18.5 Å². The minimum Gasteiger partial charge on any atom is -0.494 e. The van der Waals surface area contributed by atoms with Gasteiger partial charge >= 0.3 is 6.09 Å². The third-order valence-electron chi connectivity index (χ3n) is 3.23. The molecule has 0 aliphatic carbocycles. The molecule has 0 saturated carbocycles. The zero-order valence-electron chi connectivity index (χ0n) is 12.0. The lowest BCUT2D eigenvalue weighted by Gasteiger charge is -2.07. The third kappa shape index (κ3) is 2.71. The Labute approximate surface area is 127 Å². The van der Waals surface area contributed by atoms with Gasteiger partial charge in [-0.15, -0.1) is 0 Å². The molecule has 0 bridgehead atoms. The predicted octanol–water partition coefficient (Wildman–Crippen LogP) is 3.51. The van der Waals surface area contributed by atoms with Crippen LogP contribution < -0.4 is 10.1 Å². The number of rotatable bonds is 4. The number of carbonyl (C=O) groups is 1. The smallest absolute Gasteiger partial charge is 0.409 e. The van der Waals surface area contributed by atoms with Gasteiger partial charge in [0.05, 0.1) is 17.6 Å². The highest BCUT2D eigenvalue weighted by molar-refractivity contribution is 5.83. The van der Waals surface area contributed by atoms with Gasteiger partial charge in [-0.3, -0.25) is 9.88 Å². The van der Waals surface area contributed by atoms with E-state index in [0.717, 1.165) is 22.5 Å². The van der Waals surface area contributed by atoms with Crippen LogP contribution in [0.5, 0.6) is 5.75 Å². The SMILES string of the molecule is CCOc1ccc2c(c1)ncn2-c1ccc(NC(=O)O)cc1. The molecular weight excluding hydrogens is 282 g/mol. The maximum Gasteiger partial charge on any atom is 0.409 e. The molecule has 0 aliphatic rings. The fourth-order valence-electron chi connectivity index (χ4n) is 2.28. The quantitative estimate of drug-likeness (QED) is 0.772. The predicted molar refractivity (Wildman–Crippen MR) is 83.9 cm³/mol. The molecule has 2 aromatic carbocycles. The van der Waals surface area contributed by atoms with Crippen molar-refractivity contribution in [2.45, 2.75) is 6.92 Å². The first kappa shape index (κ1) is 13.9. The number of hydrogen-bond donors (Lipinski definition) is 2. The summed E-state index contributed by atoms with van der Waals surface area (Å²) in [5, 5.41) is 11.0. The second-order valence-electron chi connectivity index (χ2n) is 4.68. The van der Waals surface area contributed by atoms with Crippen LogP contribution in [0.3, 0.4) is 0 Å². The number of nitrogens with zero attached hydrogens (tertiary/aromatic N) is 2. The Hall–Kier alpha value is -3.02. The van der Waals surface area contributed by atoms with Crippen molar-refractivity contribution >= 4 is 22.8 Å². The maximum absolute atomic E-state index is 10.6. The van der Waals surface area contributed by atoms with Gasteiger partial charge in [0, 0.05) is 17.4 Å². The van der Waals surface area contributed by atoms with Gasteiger partial charge in [0.15, 0.2) is 0 Å². The molecule has 6 heteroatoms. The summed E-state index contributed by atoms with van der Waals surface area (Å²) in [4.78, 5) is 15.0. The van der Waals surface area contributed by atoms with Crippen molar-refractivity contribution in [3.05, 3.63) is 48.8 Å². The van der Waals surface area contributed by atoms with Crippen molar-refractivity contribution in [3.8, 4) is 11.4 Å². The van der Waals surface area contributed by atoms with Gasteiger partial charge in [-0.25, -0.2) is 9.78 Å². The second-order valence-corrected chi connectivity index (χ2v) is 4.68. The summed E-state index contributed by atoms with van der Waals surface area (Å²) < 4.78 is 7.41. The maximum atomic E-state index is 10.6. The summed E-state index contributed by atoms with van der Waals surface area (Å²) in [5.74, 6) is 0.793. The molecule has 1 amide bonds. The van der Waals surface area contributed by atoms with E-state index in [0.29, 0.717) is 12.3 Å². The summed E-state index contributed by atoms with van der Waals surface area (Å²) in [7, 11) is 0. The van der Waals surface area contributed by atoms with Gasteiger partial charge in [-0.2, -0.15) is 0 Å². The highest BCUT2D eigenvalue weighted by Gasteiger charge is 2.06. The number of anilines is 1. The fraction of sp³-hybridized carbons (Fsp3) is 0.125. The topological polar surface area (TPSA) is 76.4 Å². The van der Waals surface area contributed by atoms with Crippen LogP contribution in [0.15, 0.2) is 48.8 Å². The molecule has 22 heavy (non-hydrogen) atoms. The molecule has 3 rings (SSSR count). The van der Waals surface area contributed by atoms with Crippen molar-refractivity contribution in [1.82, 2.24) is 9.55 Å². The molecule has 0 saturated heterocycles. The second kappa shape index (κ2) is 5.77. The van der Waals surface area contributed by atoms with Crippen LogP contribution in [0, 0.1) is 0 Å². The number of hydrogen-bond acceptors (Lipinski definition) is 3. The highest BCUT2D eigenvalue weighted by Crippen LogP contribution is 2.23. The number of benzene rings is 2. The molecule has 0 spiro atoms. The lowest BCUT2D eigenvalue weighted by atomic mass is 10.2. The average Bonchev–Trinajstić information content (AvgIpc) is 2.91. The monoisotopic (exact) mass is 297 g/mol. The lowest BCUT2D eigenvalue weighted by Crippen LogP contribution is -2.07. The van der Waals surface area contributed by atoms with Crippen molar-refractivity contribution in [2.75, 3.05) is 11.9 Å². The number of ether oxygens (including phenoxy) is 1.